The molecule has 2 aromatic rings. The van der Waals surface area contributed by atoms with Crippen LogP contribution in [0.15, 0.2) is 28.8 Å². The Kier molecular flexibility index (Phi) is 3.91. The van der Waals surface area contributed by atoms with Gasteiger partial charge in [-0.25, -0.2) is 0 Å². The second-order valence-electron chi connectivity index (χ2n) is 6.45. The molecule has 0 amide bonds. The standard InChI is InChI=1S/C17H23N3O2/c1-11(2)13-6-4-7-14(10-13)21-12(3)15-19-16(20-22-15)17(18)8-5-9-17/h4,6-7,10-12H,5,8-9,18H2,1-3H3. The summed E-state index contributed by atoms with van der Waals surface area (Å²) in [5.41, 5.74) is 7.06. The second kappa shape index (κ2) is 5.72. The number of hydrogen-bond donors (Lipinski definition) is 1. The van der Waals surface area contributed by atoms with Gasteiger partial charge in [0.1, 0.15) is 5.75 Å². The molecule has 0 spiro atoms. The lowest BCUT2D eigenvalue weighted by molar-refractivity contribution is 0.174. The van der Waals surface area contributed by atoms with Gasteiger partial charge in [0.2, 0.25) is 0 Å². The van der Waals surface area contributed by atoms with Crippen LogP contribution in [0.2, 0.25) is 0 Å². The summed E-state index contributed by atoms with van der Waals surface area (Å²) in [6.45, 7) is 6.22. The first-order valence-electron chi connectivity index (χ1n) is 7.87. The normalized spacial score (nSPS) is 18.0. The van der Waals surface area contributed by atoms with Gasteiger partial charge in [0.05, 0.1) is 5.54 Å². The maximum atomic E-state index is 6.22. The highest BCUT2D eigenvalue weighted by atomic mass is 16.5. The van der Waals surface area contributed by atoms with Crippen molar-refractivity contribution in [2.24, 2.45) is 5.73 Å². The van der Waals surface area contributed by atoms with Crippen LogP contribution in [-0.4, -0.2) is 10.1 Å². The molecule has 1 heterocycles. The molecule has 1 fully saturated rings. The molecule has 0 aliphatic heterocycles. The minimum atomic E-state index is -0.404. The molecule has 1 aromatic carbocycles. The second-order valence-corrected chi connectivity index (χ2v) is 6.45. The smallest absolute Gasteiger partial charge is 0.267 e. The third-order valence-electron chi connectivity index (χ3n) is 4.32. The number of rotatable bonds is 5. The van der Waals surface area contributed by atoms with E-state index in [9.17, 15) is 0 Å². The van der Waals surface area contributed by atoms with E-state index >= 15 is 0 Å². The van der Waals surface area contributed by atoms with Gasteiger partial charge < -0.3 is 15.0 Å². The van der Waals surface area contributed by atoms with E-state index in [-0.39, 0.29) is 6.10 Å². The SMILES string of the molecule is CC(C)c1cccc(OC(C)c2nc(C3(N)CCC3)no2)c1. The Balaban J connectivity index is 1.72. The van der Waals surface area contributed by atoms with Crippen molar-refractivity contribution in [1.29, 1.82) is 0 Å². The van der Waals surface area contributed by atoms with Crippen LogP contribution in [0, 0.1) is 0 Å². The zero-order chi connectivity index (χ0) is 15.7. The summed E-state index contributed by atoms with van der Waals surface area (Å²) < 4.78 is 11.3. The minimum Gasteiger partial charge on any atom is -0.481 e. The highest BCUT2D eigenvalue weighted by Crippen LogP contribution is 2.37. The van der Waals surface area contributed by atoms with E-state index in [1.807, 2.05) is 19.1 Å². The summed E-state index contributed by atoms with van der Waals surface area (Å²) in [4.78, 5) is 4.43. The van der Waals surface area contributed by atoms with Gasteiger partial charge in [-0.2, -0.15) is 4.98 Å². The zero-order valence-corrected chi connectivity index (χ0v) is 13.4. The summed E-state index contributed by atoms with van der Waals surface area (Å²) >= 11 is 0. The molecule has 5 nitrogen and oxygen atoms in total. The lowest BCUT2D eigenvalue weighted by Crippen LogP contribution is -2.44. The largest absolute Gasteiger partial charge is 0.481 e. The number of hydrogen-bond acceptors (Lipinski definition) is 5. The average Bonchev–Trinajstić information content (AvgIpc) is 2.95. The third kappa shape index (κ3) is 2.86. The minimum absolute atomic E-state index is 0.299. The number of nitrogens with zero attached hydrogens (tertiary/aromatic N) is 2. The molecule has 1 saturated carbocycles. The molecule has 0 bridgehead atoms. The van der Waals surface area contributed by atoms with Crippen LogP contribution in [0.3, 0.4) is 0 Å². The highest BCUT2D eigenvalue weighted by Gasteiger charge is 2.39. The Hall–Kier alpha value is -1.88. The van der Waals surface area contributed by atoms with E-state index in [4.69, 9.17) is 15.0 Å². The van der Waals surface area contributed by atoms with Gasteiger partial charge in [0, 0.05) is 0 Å². The van der Waals surface area contributed by atoms with Gasteiger partial charge in [0.15, 0.2) is 11.9 Å². The maximum Gasteiger partial charge on any atom is 0.267 e. The van der Waals surface area contributed by atoms with Gasteiger partial charge in [-0.1, -0.05) is 31.1 Å². The molecule has 118 valence electrons. The first-order chi connectivity index (χ1) is 10.5. The van der Waals surface area contributed by atoms with Crippen molar-refractivity contribution in [3.8, 4) is 5.75 Å². The Morgan fingerprint density at radius 1 is 1.27 bits per heavy atom. The third-order valence-corrected chi connectivity index (χ3v) is 4.32. The zero-order valence-electron chi connectivity index (χ0n) is 13.4. The van der Waals surface area contributed by atoms with Crippen molar-refractivity contribution in [3.05, 3.63) is 41.5 Å². The van der Waals surface area contributed by atoms with E-state index < -0.39 is 5.54 Å². The van der Waals surface area contributed by atoms with Crippen LogP contribution in [0.1, 0.15) is 69.3 Å². The van der Waals surface area contributed by atoms with E-state index in [1.54, 1.807) is 0 Å². The van der Waals surface area contributed by atoms with E-state index in [0.29, 0.717) is 17.6 Å². The maximum absolute atomic E-state index is 6.22. The van der Waals surface area contributed by atoms with Crippen LogP contribution in [0.25, 0.3) is 0 Å². The molecular weight excluding hydrogens is 278 g/mol. The fourth-order valence-corrected chi connectivity index (χ4v) is 2.59. The van der Waals surface area contributed by atoms with Crippen molar-refractivity contribution in [3.63, 3.8) is 0 Å². The Bertz CT molecular complexity index is 647. The summed E-state index contributed by atoms with van der Waals surface area (Å²) in [5.74, 6) is 2.34. The van der Waals surface area contributed by atoms with Crippen molar-refractivity contribution >= 4 is 0 Å². The van der Waals surface area contributed by atoms with Crippen LogP contribution < -0.4 is 10.5 Å². The molecule has 1 aliphatic carbocycles. The van der Waals surface area contributed by atoms with Crippen LogP contribution in [0.4, 0.5) is 0 Å². The van der Waals surface area contributed by atoms with Gasteiger partial charge in [-0.05, 0) is 49.8 Å². The summed E-state index contributed by atoms with van der Waals surface area (Å²) in [7, 11) is 0. The van der Waals surface area contributed by atoms with Crippen molar-refractivity contribution < 1.29 is 9.26 Å². The highest BCUT2D eigenvalue weighted by molar-refractivity contribution is 5.30. The van der Waals surface area contributed by atoms with Crippen molar-refractivity contribution in [1.82, 2.24) is 10.1 Å². The van der Waals surface area contributed by atoms with Gasteiger partial charge in [-0.15, -0.1) is 0 Å². The summed E-state index contributed by atoms with van der Waals surface area (Å²) in [6, 6.07) is 8.09. The number of ether oxygens (including phenoxy) is 1. The predicted octanol–water partition coefficient (Wildman–Crippen LogP) is 3.67. The quantitative estimate of drug-likeness (QED) is 0.912. The number of aromatic nitrogens is 2. The molecule has 5 heteroatoms. The molecule has 3 rings (SSSR count). The molecule has 0 saturated heterocycles. The van der Waals surface area contributed by atoms with Gasteiger partial charge in [-0.3, -0.25) is 0 Å². The molecule has 22 heavy (non-hydrogen) atoms. The molecular formula is C17H23N3O2. The topological polar surface area (TPSA) is 74.2 Å². The van der Waals surface area contributed by atoms with E-state index in [1.165, 1.54) is 5.56 Å². The van der Waals surface area contributed by atoms with Crippen LogP contribution >= 0.6 is 0 Å². The fourth-order valence-electron chi connectivity index (χ4n) is 2.59. The summed E-state index contributed by atoms with van der Waals surface area (Å²) in [6.07, 6.45) is 2.65. The first-order valence-corrected chi connectivity index (χ1v) is 7.87. The molecule has 1 unspecified atom stereocenters. The van der Waals surface area contributed by atoms with Crippen molar-refractivity contribution in [2.75, 3.05) is 0 Å². The predicted molar refractivity (Wildman–Crippen MR) is 83.6 cm³/mol. The van der Waals surface area contributed by atoms with Gasteiger partial charge in [0.25, 0.3) is 5.89 Å². The molecule has 0 radical (unpaired) electrons. The molecule has 1 aliphatic rings. The fraction of sp³-hybridized carbons (Fsp3) is 0.529. The number of nitrogens with two attached hydrogens (primary N) is 1. The molecule has 2 N–H and O–H groups in total. The first kappa shape index (κ1) is 15.0. The Labute approximate surface area is 130 Å². The molecule has 1 atom stereocenters. The molecule has 1 aromatic heterocycles. The lowest BCUT2D eigenvalue weighted by atomic mass is 9.77. The lowest BCUT2D eigenvalue weighted by Gasteiger charge is -2.34. The van der Waals surface area contributed by atoms with Gasteiger partial charge >= 0.3 is 0 Å². The Morgan fingerprint density at radius 2 is 2.05 bits per heavy atom. The Morgan fingerprint density at radius 3 is 2.68 bits per heavy atom. The van der Waals surface area contributed by atoms with E-state index in [2.05, 4.69) is 36.1 Å². The van der Waals surface area contributed by atoms with E-state index in [0.717, 1.165) is 25.0 Å². The number of benzene rings is 1. The van der Waals surface area contributed by atoms with Crippen LogP contribution in [0.5, 0.6) is 5.75 Å². The average molecular weight is 301 g/mol. The van der Waals surface area contributed by atoms with Crippen molar-refractivity contribution in [2.45, 2.75) is 57.6 Å². The van der Waals surface area contributed by atoms with Crippen LogP contribution in [-0.2, 0) is 5.54 Å². The monoisotopic (exact) mass is 301 g/mol. The summed E-state index contributed by atoms with van der Waals surface area (Å²) in [5, 5.41) is 4.03.